The van der Waals surface area contributed by atoms with E-state index in [9.17, 15) is 9.59 Å². The highest BCUT2D eigenvalue weighted by molar-refractivity contribution is 7.99. The Labute approximate surface area is 161 Å². The maximum absolute atomic E-state index is 12.4. The average molecular weight is 394 g/mol. The highest BCUT2D eigenvalue weighted by Crippen LogP contribution is 2.19. The number of rotatable bonds is 8. The predicted octanol–water partition coefficient (Wildman–Crippen LogP) is 1.28. The van der Waals surface area contributed by atoms with E-state index < -0.39 is 0 Å². The van der Waals surface area contributed by atoms with Crippen LogP contribution in [0.3, 0.4) is 0 Å². The van der Waals surface area contributed by atoms with Crippen LogP contribution in [0.15, 0.2) is 0 Å². The van der Waals surface area contributed by atoms with Crippen molar-refractivity contribution in [3.8, 4) is 0 Å². The van der Waals surface area contributed by atoms with Crippen molar-refractivity contribution >= 4 is 36.0 Å². The molecule has 2 saturated heterocycles. The summed E-state index contributed by atoms with van der Waals surface area (Å²) in [6, 6.07) is 0.308. The van der Waals surface area contributed by atoms with Crippen LogP contribution >= 0.6 is 24.2 Å². The van der Waals surface area contributed by atoms with Gasteiger partial charge in [0.15, 0.2) is 0 Å². The van der Waals surface area contributed by atoms with Gasteiger partial charge in [-0.15, -0.1) is 12.4 Å². The van der Waals surface area contributed by atoms with Gasteiger partial charge in [0.05, 0.1) is 0 Å². The molecule has 2 aliphatic heterocycles. The van der Waals surface area contributed by atoms with Crippen LogP contribution in [0.2, 0.25) is 0 Å². The Morgan fingerprint density at radius 1 is 1.32 bits per heavy atom. The zero-order chi connectivity index (χ0) is 17.2. The molecule has 8 heteroatoms. The molecule has 2 amide bonds. The molecule has 1 unspecified atom stereocenters. The molecule has 0 aromatic heterocycles. The topological polar surface area (TPSA) is 70.7 Å². The predicted molar refractivity (Wildman–Crippen MR) is 104 cm³/mol. The summed E-state index contributed by atoms with van der Waals surface area (Å²) in [6.07, 6.45) is 2.98. The van der Waals surface area contributed by atoms with Crippen LogP contribution in [0.1, 0.15) is 32.6 Å². The van der Waals surface area contributed by atoms with Crippen LogP contribution in [-0.4, -0.2) is 73.7 Å². The summed E-state index contributed by atoms with van der Waals surface area (Å²) in [5.41, 5.74) is 0. The van der Waals surface area contributed by atoms with Crippen LogP contribution in [0.5, 0.6) is 0 Å². The lowest BCUT2D eigenvalue weighted by Crippen LogP contribution is -2.46. The number of ether oxygens (including phenoxy) is 1. The maximum Gasteiger partial charge on any atom is 0.224 e. The van der Waals surface area contributed by atoms with Crippen LogP contribution in [0.4, 0.5) is 0 Å². The summed E-state index contributed by atoms with van der Waals surface area (Å²) in [6.45, 7) is 6.45. The van der Waals surface area contributed by atoms with Crippen molar-refractivity contribution in [3.63, 3.8) is 0 Å². The second kappa shape index (κ2) is 12.8. The fourth-order valence-electron chi connectivity index (χ4n) is 3.16. The highest BCUT2D eigenvalue weighted by Gasteiger charge is 2.28. The van der Waals surface area contributed by atoms with Crippen molar-refractivity contribution in [2.45, 2.75) is 38.6 Å². The number of carbonyl (C=O) groups excluding carboxylic acids is 2. The summed E-state index contributed by atoms with van der Waals surface area (Å²) in [5.74, 6) is 2.56. The lowest BCUT2D eigenvalue weighted by Gasteiger charge is -2.33. The lowest BCUT2D eigenvalue weighted by atomic mass is 9.95. The molecule has 2 fully saturated rings. The Morgan fingerprint density at radius 2 is 2.08 bits per heavy atom. The standard InChI is InChI=1S/C17H31N3O3S.ClH/c1-2-23-10-3-6-19-17(22)14-4-8-20(9-5-14)16(21)12-15-13-24-11-7-18-15;/h14-15,18H,2-13H2,1H3,(H,19,22);1H. The van der Waals surface area contributed by atoms with Gasteiger partial charge >= 0.3 is 0 Å². The minimum absolute atomic E-state index is 0. The zero-order valence-electron chi connectivity index (χ0n) is 15.1. The lowest BCUT2D eigenvalue weighted by molar-refractivity contribution is -0.136. The molecule has 0 bridgehead atoms. The summed E-state index contributed by atoms with van der Waals surface area (Å²) in [5, 5.41) is 6.40. The molecular weight excluding hydrogens is 362 g/mol. The molecule has 1 atom stereocenters. The van der Waals surface area contributed by atoms with Crippen LogP contribution < -0.4 is 10.6 Å². The van der Waals surface area contributed by atoms with E-state index in [0.717, 1.165) is 43.9 Å². The van der Waals surface area contributed by atoms with Crippen molar-refractivity contribution < 1.29 is 14.3 Å². The van der Waals surface area contributed by atoms with Gasteiger partial charge in [-0.2, -0.15) is 11.8 Å². The molecule has 0 saturated carbocycles. The van der Waals surface area contributed by atoms with Crippen molar-refractivity contribution in [3.05, 3.63) is 0 Å². The minimum Gasteiger partial charge on any atom is -0.382 e. The summed E-state index contributed by atoms with van der Waals surface area (Å²) < 4.78 is 5.26. The van der Waals surface area contributed by atoms with Gasteiger partial charge < -0.3 is 20.3 Å². The molecule has 2 heterocycles. The molecule has 0 aliphatic carbocycles. The SMILES string of the molecule is CCOCCCNC(=O)C1CCN(C(=O)CC2CSCCN2)CC1.Cl. The van der Waals surface area contributed by atoms with Crippen molar-refractivity contribution in [2.24, 2.45) is 5.92 Å². The number of likely N-dealkylation sites (tertiary alicyclic amines) is 1. The fraction of sp³-hybridized carbons (Fsp3) is 0.882. The summed E-state index contributed by atoms with van der Waals surface area (Å²) in [7, 11) is 0. The summed E-state index contributed by atoms with van der Waals surface area (Å²) >= 11 is 1.91. The molecule has 0 aromatic carbocycles. The van der Waals surface area contributed by atoms with Crippen molar-refractivity contribution in [1.82, 2.24) is 15.5 Å². The number of thioether (sulfide) groups is 1. The smallest absolute Gasteiger partial charge is 0.224 e. The van der Waals surface area contributed by atoms with Crippen LogP contribution in [0, 0.1) is 5.92 Å². The quantitative estimate of drug-likeness (QED) is 0.608. The van der Waals surface area contributed by atoms with Gasteiger partial charge in [0.2, 0.25) is 11.8 Å². The minimum atomic E-state index is 0. The Morgan fingerprint density at radius 3 is 2.72 bits per heavy atom. The van der Waals surface area contributed by atoms with Crippen molar-refractivity contribution in [1.29, 1.82) is 0 Å². The maximum atomic E-state index is 12.4. The molecule has 2 N–H and O–H groups in total. The van der Waals surface area contributed by atoms with E-state index >= 15 is 0 Å². The van der Waals surface area contributed by atoms with E-state index in [-0.39, 0.29) is 30.1 Å². The van der Waals surface area contributed by atoms with E-state index in [1.54, 1.807) is 0 Å². The van der Waals surface area contributed by atoms with Gasteiger partial charge in [0, 0.05) is 69.3 Å². The first-order valence-corrected chi connectivity index (χ1v) is 10.3. The molecule has 25 heavy (non-hydrogen) atoms. The number of hydrogen-bond acceptors (Lipinski definition) is 5. The number of amides is 2. The van der Waals surface area contributed by atoms with E-state index in [2.05, 4.69) is 10.6 Å². The van der Waals surface area contributed by atoms with E-state index in [0.29, 0.717) is 38.7 Å². The van der Waals surface area contributed by atoms with Crippen molar-refractivity contribution in [2.75, 3.05) is 50.9 Å². The molecular formula is C17H32ClN3O3S. The Kier molecular flexibility index (Phi) is 11.5. The number of piperidine rings is 1. The van der Waals surface area contributed by atoms with E-state index in [1.807, 2.05) is 23.6 Å². The van der Waals surface area contributed by atoms with E-state index in [4.69, 9.17) is 4.74 Å². The zero-order valence-corrected chi connectivity index (χ0v) is 16.8. The molecule has 2 rings (SSSR count). The highest BCUT2D eigenvalue weighted by atomic mass is 35.5. The Bertz CT molecular complexity index is 401. The molecule has 0 radical (unpaired) electrons. The van der Waals surface area contributed by atoms with Gasteiger partial charge in [-0.25, -0.2) is 0 Å². The Balaban J connectivity index is 0.00000312. The fourth-order valence-corrected chi connectivity index (χ4v) is 4.11. The second-order valence-electron chi connectivity index (χ2n) is 6.43. The molecule has 146 valence electrons. The number of halogens is 1. The van der Waals surface area contributed by atoms with Crippen LogP contribution in [0.25, 0.3) is 0 Å². The third-order valence-corrected chi connectivity index (χ3v) is 5.74. The number of nitrogens with zero attached hydrogens (tertiary/aromatic N) is 1. The largest absolute Gasteiger partial charge is 0.382 e. The molecule has 6 nitrogen and oxygen atoms in total. The normalized spacial score (nSPS) is 21.5. The number of carbonyl (C=O) groups is 2. The molecule has 0 aromatic rings. The number of nitrogens with one attached hydrogen (secondary N) is 2. The van der Waals surface area contributed by atoms with Crippen LogP contribution in [-0.2, 0) is 14.3 Å². The molecule has 0 spiro atoms. The average Bonchev–Trinajstić information content (AvgIpc) is 2.62. The third kappa shape index (κ3) is 8.15. The third-order valence-electron chi connectivity index (χ3n) is 4.61. The van der Waals surface area contributed by atoms with Gasteiger partial charge in [0.25, 0.3) is 0 Å². The first-order valence-electron chi connectivity index (χ1n) is 9.15. The summed E-state index contributed by atoms with van der Waals surface area (Å²) in [4.78, 5) is 26.5. The van der Waals surface area contributed by atoms with Gasteiger partial charge in [-0.3, -0.25) is 9.59 Å². The monoisotopic (exact) mass is 393 g/mol. The second-order valence-corrected chi connectivity index (χ2v) is 7.58. The van der Waals surface area contributed by atoms with Gasteiger partial charge in [-0.1, -0.05) is 0 Å². The van der Waals surface area contributed by atoms with Gasteiger partial charge in [-0.05, 0) is 26.2 Å². The number of hydrogen-bond donors (Lipinski definition) is 2. The first-order chi connectivity index (χ1) is 11.7. The first kappa shape index (κ1) is 22.5. The Hall–Kier alpha value is -0.500. The van der Waals surface area contributed by atoms with E-state index in [1.165, 1.54) is 0 Å². The molecule has 2 aliphatic rings. The van der Waals surface area contributed by atoms with Gasteiger partial charge in [0.1, 0.15) is 0 Å².